The van der Waals surface area contributed by atoms with Gasteiger partial charge in [0.2, 0.25) is 0 Å². The molecule has 140 valence electrons. The minimum Gasteiger partial charge on any atom is -0.476 e. The summed E-state index contributed by atoms with van der Waals surface area (Å²) < 4.78 is 11.6. The summed E-state index contributed by atoms with van der Waals surface area (Å²) in [6.45, 7) is 7.84. The average Bonchev–Trinajstić information content (AvgIpc) is 2.68. The third-order valence-corrected chi connectivity index (χ3v) is 5.70. The highest BCUT2D eigenvalue weighted by atomic mass is 35.5. The van der Waals surface area contributed by atoms with Crippen LogP contribution in [0.1, 0.15) is 35.1 Å². The molecule has 0 radical (unpaired) electrons. The molecule has 3 aromatic rings. The van der Waals surface area contributed by atoms with Crippen LogP contribution in [0.5, 0.6) is 5.75 Å². The Morgan fingerprint density at radius 1 is 1.19 bits per heavy atom. The maximum Gasteiger partial charge on any atom is 0.339 e. The quantitative estimate of drug-likeness (QED) is 0.595. The second-order valence-electron chi connectivity index (χ2n) is 7.28. The van der Waals surface area contributed by atoms with Crippen molar-refractivity contribution in [1.82, 2.24) is 4.90 Å². The molecule has 0 N–H and O–H groups in total. The molecular formula is C22H22ClNO3. The SMILES string of the molecule is Cc1c(C)c2cc(Cl)c3c(c2oc1=O)CN(CC(C)c1ccccc1)CO3. The molecule has 4 rings (SSSR count). The van der Waals surface area contributed by atoms with E-state index in [9.17, 15) is 4.79 Å². The number of halogens is 1. The summed E-state index contributed by atoms with van der Waals surface area (Å²) in [5.41, 5.74) is 3.94. The van der Waals surface area contributed by atoms with Crippen molar-refractivity contribution >= 4 is 22.6 Å². The van der Waals surface area contributed by atoms with Crippen LogP contribution in [0.25, 0.3) is 11.0 Å². The molecule has 4 nitrogen and oxygen atoms in total. The number of nitrogens with zero attached hydrogens (tertiary/aromatic N) is 1. The summed E-state index contributed by atoms with van der Waals surface area (Å²) in [6.07, 6.45) is 0. The van der Waals surface area contributed by atoms with Gasteiger partial charge in [-0.3, -0.25) is 4.90 Å². The summed E-state index contributed by atoms with van der Waals surface area (Å²) in [7, 11) is 0. The van der Waals surface area contributed by atoms with E-state index in [1.54, 1.807) is 6.92 Å². The van der Waals surface area contributed by atoms with Crippen LogP contribution < -0.4 is 10.4 Å². The van der Waals surface area contributed by atoms with Crippen molar-refractivity contribution in [3.8, 4) is 5.75 Å². The molecule has 0 amide bonds. The molecule has 0 fully saturated rings. The fourth-order valence-corrected chi connectivity index (χ4v) is 3.98. The van der Waals surface area contributed by atoms with Gasteiger partial charge in [0, 0.05) is 24.0 Å². The standard InChI is InChI=1S/C22H22ClNO3/c1-13(16-7-5-4-6-8-16)10-24-11-18-20-17(9-19(23)21(18)26-12-24)14(2)15(3)22(25)27-20/h4-9,13H,10-12H2,1-3H3. The van der Waals surface area contributed by atoms with Crippen LogP contribution >= 0.6 is 11.6 Å². The van der Waals surface area contributed by atoms with Crippen LogP contribution in [0.3, 0.4) is 0 Å². The van der Waals surface area contributed by atoms with Gasteiger partial charge < -0.3 is 9.15 Å². The van der Waals surface area contributed by atoms with Crippen molar-refractivity contribution in [2.75, 3.05) is 13.3 Å². The van der Waals surface area contributed by atoms with Gasteiger partial charge in [0.25, 0.3) is 0 Å². The molecule has 0 saturated heterocycles. The van der Waals surface area contributed by atoms with E-state index >= 15 is 0 Å². The number of fused-ring (bicyclic) bond motifs is 3. The fraction of sp³-hybridized carbons (Fsp3) is 0.318. The molecule has 2 aromatic carbocycles. The number of rotatable bonds is 3. The molecule has 27 heavy (non-hydrogen) atoms. The van der Waals surface area contributed by atoms with Gasteiger partial charge in [-0.2, -0.15) is 0 Å². The number of hydrogen-bond donors (Lipinski definition) is 0. The summed E-state index contributed by atoms with van der Waals surface area (Å²) in [4.78, 5) is 14.4. The zero-order valence-corrected chi connectivity index (χ0v) is 16.5. The first-order valence-electron chi connectivity index (χ1n) is 9.11. The minimum atomic E-state index is -0.306. The molecule has 1 aliphatic rings. The molecule has 0 aliphatic carbocycles. The summed E-state index contributed by atoms with van der Waals surface area (Å²) >= 11 is 6.47. The van der Waals surface area contributed by atoms with Crippen LogP contribution in [-0.2, 0) is 6.54 Å². The van der Waals surface area contributed by atoms with E-state index in [-0.39, 0.29) is 5.63 Å². The lowest BCUT2D eigenvalue weighted by Gasteiger charge is -2.31. The number of hydrogen-bond acceptors (Lipinski definition) is 4. The number of ether oxygens (including phenoxy) is 1. The van der Waals surface area contributed by atoms with E-state index in [1.807, 2.05) is 19.1 Å². The topological polar surface area (TPSA) is 42.7 Å². The third-order valence-electron chi connectivity index (χ3n) is 5.42. The lowest BCUT2D eigenvalue weighted by molar-refractivity contribution is 0.0910. The van der Waals surface area contributed by atoms with Crippen molar-refractivity contribution in [1.29, 1.82) is 0 Å². The fourth-order valence-electron chi connectivity index (χ4n) is 3.70. The summed E-state index contributed by atoms with van der Waals surface area (Å²) in [6, 6.07) is 12.3. The van der Waals surface area contributed by atoms with Crippen LogP contribution in [0.2, 0.25) is 5.02 Å². The Hall–Kier alpha value is -2.30. The van der Waals surface area contributed by atoms with E-state index in [2.05, 4.69) is 36.1 Å². The Morgan fingerprint density at radius 3 is 2.67 bits per heavy atom. The second kappa shape index (κ2) is 7.02. The van der Waals surface area contributed by atoms with Crippen LogP contribution in [0.15, 0.2) is 45.6 Å². The highest BCUT2D eigenvalue weighted by molar-refractivity contribution is 6.33. The maximum atomic E-state index is 12.2. The predicted molar refractivity (Wildman–Crippen MR) is 108 cm³/mol. The molecule has 2 heterocycles. The van der Waals surface area contributed by atoms with Gasteiger partial charge in [0.15, 0.2) is 0 Å². The first-order valence-corrected chi connectivity index (χ1v) is 9.49. The van der Waals surface area contributed by atoms with E-state index in [0.29, 0.717) is 41.1 Å². The monoisotopic (exact) mass is 383 g/mol. The van der Waals surface area contributed by atoms with Gasteiger partial charge in [-0.15, -0.1) is 0 Å². The average molecular weight is 384 g/mol. The van der Waals surface area contributed by atoms with Gasteiger partial charge in [0.05, 0.1) is 10.6 Å². The molecule has 1 unspecified atom stereocenters. The highest BCUT2D eigenvalue weighted by Gasteiger charge is 2.26. The molecule has 0 bridgehead atoms. The molecular weight excluding hydrogens is 362 g/mol. The third kappa shape index (κ3) is 3.24. The van der Waals surface area contributed by atoms with E-state index < -0.39 is 0 Å². The lowest BCUT2D eigenvalue weighted by Crippen LogP contribution is -2.35. The molecule has 1 aliphatic heterocycles. The van der Waals surface area contributed by atoms with Gasteiger partial charge in [-0.1, -0.05) is 48.9 Å². The van der Waals surface area contributed by atoms with Gasteiger partial charge in [-0.05, 0) is 37.0 Å². The second-order valence-corrected chi connectivity index (χ2v) is 7.69. The Bertz CT molecular complexity index is 1060. The Kier molecular flexibility index (Phi) is 4.70. The lowest BCUT2D eigenvalue weighted by atomic mass is 9.99. The zero-order valence-electron chi connectivity index (χ0n) is 15.7. The highest BCUT2D eigenvalue weighted by Crippen LogP contribution is 2.39. The molecule has 1 atom stereocenters. The van der Waals surface area contributed by atoms with Crippen molar-refractivity contribution in [3.63, 3.8) is 0 Å². The van der Waals surface area contributed by atoms with Crippen LogP contribution in [-0.4, -0.2) is 18.2 Å². The van der Waals surface area contributed by atoms with Gasteiger partial charge in [-0.25, -0.2) is 4.79 Å². The van der Waals surface area contributed by atoms with Crippen LogP contribution in [0, 0.1) is 13.8 Å². The number of benzene rings is 2. The largest absolute Gasteiger partial charge is 0.476 e. The predicted octanol–water partition coefficient (Wildman–Crippen LogP) is 5.02. The Morgan fingerprint density at radius 2 is 1.93 bits per heavy atom. The molecule has 5 heteroatoms. The smallest absolute Gasteiger partial charge is 0.339 e. The van der Waals surface area contributed by atoms with E-state index in [1.165, 1.54) is 5.56 Å². The van der Waals surface area contributed by atoms with E-state index in [4.69, 9.17) is 20.8 Å². The molecule has 0 spiro atoms. The van der Waals surface area contributed by atoms with E-state index in [0.717, 1.165) is 23.1 Å². The summed E-state index contributed by atoms with van der Waals surface area (Å²) in [5, 5.41) is 1.43. The van der Waals surface area contributed by atoms with Gasteiger partial charge >= 0.3 is 5.63 Å². The van der Waals surface area contributed by atoms with Crippen molar-refractivity contribution < 1.29 is 9.15 Å². The van der Waals surface area contributed by atoms with Crippen molar-refractivity contribution in [2.24, 2.45) is 0 Å². The summed E-state index contributed by atoms with van der Waals surface area (Å²) in [5.74, 6) is 0.983. The minimum absolute atomic E-state index is 0.306. The maximum absolute atomic E-state index is 12.2. The first kappa shape index (κ1) is 18.1. The zero-order chi connectivity index (χ0) is 19.1. The van der Waals surface area contributed by atoms with Gasteiger partial charge in [0.1, 0.15) is 18.1 Å². The Labute approximate surface area is 163 Å². The Balaban J connectivity index is 1.71. The molecule has 1 aromatic heterocycles. The normalized spacial score (nSPS) is 15.4. The van der Waals surface area contributed by atoms with Crippen molar-refractivity contribution in [3.05, 3.63) is 74.1 Å². The first-order chi connectivity index (χ1) is 13.0. The molecule has 0 saturated carbocycles. The van der Waals surface area contributed by atoms with Crippen LogP contribution in [0.4, 0.5) is 0 Å². The number of aryl methyl sites for hydroxylation is 1. The van der Waals surface area contributed by atoms with Crippen molar-refractivity contribution in [2.45, 2.75) is 33.2 Å².